The first kappa shape index (κ1) is 19.7. The molecule has 3 aromatic heterocycles. The maximum Gasteiger partial charge on any atom is 0.274 e. The number of nitrogens with zero attached hydrogens (tertiary/aromatic N) is 3. The Morgan fingerprint density at radius 2 is 2.19 bits per heavy atom. The number of carbonyl (C=O) groups is 1. The van der Waals surface area contributed by atoms with Gasteiger partial charge in [0.05, 0.1) is 18.4 Å². The first-order valence-electron chi connectivity index (χ1n) is 10.0. The molecule has 0 saturated carbocycles. The number of rotatable bonds is 5. The highest BCUT2D eigenvalue weighted by atomic mass is 32.1. The van der Waals surface area contributed by atoms with E-state index in [0.29, 0.717) is 18.4 Å². The monoisotopic (exact) mass is 434 g/mol. The van der Waals surface area contributed by atoms with E-state index in [1.54, 1.807) is 18.3 Å². The van der Waals surface area contributed by atoms with Crippen molar-refractivity contribution in [1.82, 2.24) is 25.8 Å². The number of H-pyrrole nitrogens is 1. The zero-order chi connectivity index (χ0) is 21.6. The summed E-state index contributed by atoms with van der Waals surface area (Å²) in [5, 5.41) is 13.2. The highest BCUT2D eigenvalue weighted by molar-refractivity contribution is 7.10. The minimum absolute atomic E-state index is 0.0689. The molecular weight excluding hydrogens is 412 g/mol. The second kappa shape index (κ2) is 7.44. The van der Waals surface area contributed by atoms with Gasteiger partial charge in [-0.25, -0.2) is 0 Å². The Labute approximate surface area is 182 Å². The van der Waals surface area contributed by atoms with Crippen LogP contribution in [0.5, 0.6) is 0 Å². The molecule has 0 bridgehead atoms. The summed E-state index contributed by atoms with van der Waals surface area (Å²) in [6.07, 6.45) is 0. The van der Waals surface area contributed by atoms with Crippen molar-refractivity contribution in [2.75, 3.05) is 6.67 Å². The third-order valence-electron chi connectivity index (χ3n) is 5.57. The van der Waals surface area contributed by atoms with E-state index in [4.69, 9.17) is 4.52 Å². The number of thiophene rings is 1. The zero-order valence-corrected chi connectivity index (χ0v) is 18.2. The van der Waals surface area contributed by atoms with Crippen LogP contribution in [0.4, 0.5) is 0 Å². The molecule has 1 aliphatic heterocycles. The summed E-state index contributed by atoms with van der Waals surface area (Å²) < 4.78 is 5.26. The average molecular weight is 435 g/mol. The fourth-order valence-electron chi connectivity index (χ4n) is 3.84. The summed E-state index contributed by atoms with van der Waals surface area (Å²) in [5.41, 5.74) is 2.40. The molecule has 1 aliphatic rings. The van der Waals surface area contributed by atoms with Gasteiger partial charge < -0.3 is 14.8 Å². The Bertz CT molecular complexity index is 1290. The smallest absolute Gasteiger partial charge is 0.274 e. The second-order valence-electron chi connectivity index (χ2n) is 7.81. The van der Waals surface area contributed by atoms with Crippen LogP contribution in [0, 0.1) is 6.92 Å². The lowest BCUT2D eigenvalue weighted by Crippen LogP contribution is -2.57. The van der Waals surface area contributed by atoms with E-state index in [1.165, 1.54) is 0 Å². The fourth-order valence-corrected chi connectivity index (χ4v) is 4.57. The summed E-state index contributed by atoms with van der Waals surface area (Å²) in [7, 11) is 0. The molecule has 1 aromatic carbocycles. The molecule has 4 heterocycles. The van der Waals surface area contributed by atoms with Crippen LogP contribution >= 0.6 is 11.3 Å². The number of aromatic amines is 1. The third kappa shape index (κ3) is 3.45. The zero-order valence-electron chi connectivity index (χ0n) is 17.4. The number of aliphatic imine (C=N–C) groups is 1. The summed E-state index contributed by atoms with van der Waals surface area (Å²) in [6.45, 7) is 6.04. The van der Waals surface area contributed by atoms with Gasteiger partial charge in [0.1, 0.15) is 11.2 Å². The van der Waals surface area contributed by atoms with E-state index in [1.807, 2.05) is 55.6 Å². The van der Waals surface area contributed by atoms with Crippen molar-refractivity contribution in [2.45, 2.75) is 32.4 Å². The number of fused-ring (bicyclic) bond motifs is 1. The standard InChI is InChI=1S/C22H22N6O2S/c1-12(18-5-4-8-31-18)25-21(29)22(3)19(23-11-24-22)14-6-7-16-15(9-14)10-17(27-16)20-26-13(2)28-30-20/h4-10,12,24,27H,11H2,1-3H3,(H,25,29). The minimum atomic E-state index is -0.915. The molecule has 0 saturated heterocycles. The quantitative estimate of drug-likeness (QED) is 0.445. The fraction of sp³-hybridized carbons (Fsp3) is 0.273. The van der Waals surface area contributed by atoms with E-state index < -0.39 is 5.54 Å². The van der Waals surface area contributed by atoms with Gasteiger partial charge in [-0.3, -0.25) is 15.1 Å². The lowest BCUT2D eigenvalue weighted by atomic mass is 9.89. The van der Waals surface area contributed by atoms with Crippen LogP contribution < -0.4 is 10.6 Å². The normalized spacial score (nSPS) is 19.5. The number of hydrogen-bond donors (Lipinski definition) is 3. The van der Waals surface area contributed by atoms with Crippen molar-refractivity contribution in [3.8, 4) is 11.6 Å². The van der Waals surface area contributed by atoms with Crippen molar-refractivity contribution in [3.63, 3.8) is 0 Å². The van der Waals surface area contributed by atoms with E-state index >= 15 is 0 Å². The van der Waals surface area contributed by atoms with Gasteiger partial charge in [-0.1, -0.05) is 17.3 Å². The van der Waals surface area contributed by atoms with Crippen molar-refractivity contribution in [2.24, 2.45) is 4.99 Å². The van der Waals surface area contributed by atoms with Crippen LogP contribution in [0.25, 0.3) is 22.5 Å². The minimum Gasteiger partial charge on any atom is -0.351 e. The number of aryl methyl sites for hydroxylation is 1. The molecule has 2 unspecified atom stereocenters. The number of hydrogen-bond acceptors (Lipinski definition) is 7. The first-order chi connectivity index (χ1) is 14.9. The number of nitrogens with one attached hydrogen (secondary N) is 3. The van der Waals surface area contributed by atoms with Gasteiger partial charge in [0.25, 0.3) is 5.89 Å². The van der Waals surface area contributed by atoms with Crippen LogP contribution in [-0.4, -0.2) is 39.0 Å². The molecule has 9 heteroatoms. The average Bonchev–Trinajstić information content (AvgIpc) is 3.53. The van der Waals surface area contributed by atoms with Gasteiger partial charge in [0.2, 0.25) is 5.91 Å². The molecule has 2 atom stereocenters. The molecule has 158 valence electrons. The van der Waals surface area contributed by atoms with Crippen molar-refractivity contribution >= 4 is 33.9 Å². The topological polar surface area (TPSA) is 108 Å². The molecule has 8 nitrogen and oxygen atoms in total. The van der Waals surface area contributed by atoms with Gasteiger partial charge in [0.15, 0.2) is 5.82 Å². The maximum atomic E-state index is 13.2. The van der Waals surface area contributed by atoms with Gasteiger partial charge in [-0.2, -0.15) is 4.98 Å². The lowest BCUT2D eigenvalue weighted by molar-refractivity contribution is -0.125. The van der Waals surface area contributed by atoms with E-state index in [0.717, 1.165) is 32.7 Å². The Morgan fingerprint density at radius 3 is 2.94 bits per heavy atom. The predicted octanol–water partition coefficient (Wildman–Crippen LogP) is 3.57. The van der Waals surface area contributed by atoms with Crippen molar-refractivity contribution in [1.29, 1.82) is 0 Å². The second-order valence-corrected chi connectivity index (χ2v) is 8.79. The molecular formula is C22H22N6O2S. The first-order valence-corrected chi connectivity index (χ1v) is 10.9. The Morgan fingerprint density at radius 1 is 1.32 bits per heavy atom. The van der Waals surface area contributed by atoms with E-state index in [-0.39, 0.29) is 11.9 Å². The summed E-state index contributed by atoms with van der Waals surface area (Å²) in [5.74, 6) is 0.932. The maximum absolute atomic E-state index is 13.2. The highest BCUT2D eigenvalue weighted by Gasteiger charge is 2.42. The van der Waals surface area contributed by atoms with Gasteiger partial charge >= 0.3 is 0 Å². The lowest BCUT2D eigenvalue weighted by Gasteiger charge is -2.27. The van der Waals surface area contributed by atoms with Gasteiger partial charge in [-0.15, -0.1) is 11.3 Å². The third-order valence-corrected chi connectivity index (χ3v) is 6.62. The number of benzene rings is 1. The summed E-state index contributed by atoms with van der Waals surface area (Å²) in [4.78, 5) is 26.5. The van der Waals surface area contributed by atoms with Crippen LogP contribution in [0.15, 0.2) is 51.3 Å². The molecule has 5 rings (SSSR count). The van der Waals surface area contributed by atoms with Crippen molar-refractivity contribution in [3.05, 3.63) is 58.0 Å². The van der Waals surface area contributed by atoms with Crippen molar-refractivity contribution < 1.29 is 9.32 Å². The molecule has 31 heavy (non-hydrogen) atoms. The number of carbonyl (C=O) groups excluding carboxylic acids is 1. The molecule has 1 amide bonds. The Balaban J connectivity index is 1.43. The summed E-state index contributed by atoms with van der Waals surface area (Å²) >= 11 is 1.63. The molecule has 0 aliphatic carbocycles. The SMILES string of the molecule is Cc1noc(-c2cc3cc(C4=NCNC4(C)C(=O)NC(C)c4cccs4)ccc3[nH]2)n1. The van der Waals surface area contributed by atoms with Crippen LogP contribution in [0.3, 0.4) is 0 Å². The Kier molecular flexibility index (Phi) is 4.71. The Hall–Kier alpha value is -3.30. The molecule has 0 fully saturated rings. The van der Waals surface area contributed by atoms with Gasteiger partial charge in [-0.05, 0) is 56.0 Å². The van der Waals surface area contributed by atoms with Gasteiger partial charge in [0, 0.05) is 15.8 Å². The van der Waals surface area contributed by atoms with E-state index in [9.17, 15) is 4.79 Å². The van der Waals surface area contributed by atoms with E-state index in [2.05, 4.69) is 30.8 Å². The molecule has 0 radical (unpaired) electrons. The number of aromatic nitrogens is 3. The van der Waals surface area contributed by atoms with Crippen LogP contribution in [0.2, 0.25) is 0 Å². The summed E-state index contributed by atoms with van der Waals surface area (Å²) in [6, 6.07) is 11.9. The largest absolute Gasteiger partial charge is 0.351 e. The highest BCUT2D eigenvalue weighted by Crippen LogP contribution is 2.27. The molecule has 3 N–H and O–H groups in total. The predicted molar refractivity (Wildman–Crippen MR) is 120 cm³/mol. The van der Waals surface area contributed by atoms with Crippen LogP contribution in [0.1, 0.15) is 36.2 Å². The number of amides is 1. The van der Waals surface area contributed by atoms with Crippen LogP contribution in [-0.2, 0) is 4.79 Å². The molecule has 0 spiro atoms. The molecule has 4 aromatic rings.